The van der Waals surface area contributed by atoms with Gasteiger partial charge in [0.15, 0.2) is 0 Å². The van der Waals surface area contributed by atoms with Crippen molar-refractivity contribution in [1.82, 2.24) is 15.5 Å². The molecule has 1 aliphatic rings. The predicted molar refractivity (Wildman–Crippen MR) is 199 cm³/mol. The third-order valence-electron chi connectivity index (χ3n) is 9.33. The Kier molecular flexibility index (Phi) is 13.0. The number of phenolic OH excluding ortho intramolecular Hbond substituents is 1. The highest BCUT2D eigenvalue weighted by atomic mass is 16.5. The van der Waals surface area contributed by atoms with Crippen molar-refractivity contribution in [1.29, 1.82) is 0 Å². The highest BCUT2D eigenvalue weighted by molar-refractivity contribution is 5.98. The molecule has 0 spiro atoms. The molecular formula is C41H47N5O6. The van der Waals surface area contributed by atoms with Gasteiger partial charge in [0.1, 0.15) is 24.4 Å². The van der Waals surface area contributed by atoms with Crippen LogP contribution in [0.5, 0.6) is 5.75 Å². The number of carbonyl (C=O) groups excluding carboxylic acids is 4. The van der Waals surface area contributed by atoms with Crippen LogP contribution in [-0.4, -0.2) is 58.5 Å². The first-order valence-corrected chi connectivity index (χ1v) is 17.6. The number of aryl methyl sites for hydroxylation is 2. The van der Waals surface area contributed by atoms with Gasteiger partial charge in [-0.2, -0.15) is 0 Å². The minimum absolute atomic E-state index is 0.145. The van der Waals surface area contributed by atoms with Crippen molar-refractivity contribution in [3.63, 3.8) is 0 Å². The van der Waals surface area contributed by atoms with E-state index < -0.39 is 30.1 Å². The molecule has 0 aliphatic carbocycles. The molecule has 0 bridgehead atoms. The number of aromatic hydroxyl groups is 1. The highest BCUT2D eigenvalue weighted by Crippen LogP contribution is 2.27. The van der Waals surface area contributed by atoms with Gasteiger partial charge in [0.05, 0.1) is 6.04 Å². The average molecular weight is 706 g/mol. The Morgan fingerprint density at radius 2 is 1.52 bits per heavy atom. The molecule has 0 aromatic heterocycles. The fourth-order valence-corrected chi connectivity index (χ4v) is 6.53. The van der Waals surface area contributed by atoms with Crippen molar-refractivity contribution in [3.05, 3.63) is 130 Å². The third-order valence-corrected chi connectivity index (χ3v) is 9.33. The molecule has 0 radical (unpaired) electrons. The number of rotatable bonds is 14. The van der Waals surface area contributed by atoms with Gasteiger partial charge in [-0.15, -0.1) is 0 Å². The van der Waals surface area contributed by atoms with E-state index in [0.29, 0.717) is 31.5 Å². The second-order valence-electron chi connectivity index (χ2n) is 13.2. The van der Waals surface area contributed by atoms with E-state index in [1.54, 1.807) is 36.4 Å². The van der Waals surface area contributed by atoms with Crippen molar-refractivity contribution < 1.29 is 29.0 Å². The summed E-state index contributed by atoms with van der Waals surface area (Å²) in [6, 6.07) is 26.6. The molecule has 1 heterocycles. The third kappa shape index (κ3) is 10.2. The van der Waals surface area contributed by atoms with Crippen molar-refractivity contribution in [2.45, 2.75) is 77.2 Å². The Labute approximate surface area is 304 Å². The molecule has 6 N–H and O–H groups in total. The van der Waals surface area contributed by atoms with Gasteiger partial charge in [0, 0.05) is 25.2 Å². The van der Waals surface area contributed by atoms with Gasteiger partial charge in [-0.05, 0) is 97.2 Å². The van der Waals surface area contributed by atoms with E-state index in [0.717, 1.165) is 33.4 Å². The number of para-hydroxylation sites is 1. The smallest absolute Gasteiger partial charge is 0.407 e. The van der Waals surface area contributed by atoms with E-state index in [4.69, 9.17) is 10.5 Å². The number of nitrogens with one attached hydrogen (secondary N) is 3. The number of amides is 4. The first-order valence-electron chi connectivity index (χ1n) is 17.6. The Hall–Kier alpha value is -5.68. The molecule has 52 heavy (non-hydrogen) atoms. The summed E-state index contributed by atoms with van der Waals surface area (Å²) in [7, 11) is 0. The molecule has 11 nitrogen and oxygen atoms in total. The monoisotopic (exact) mass is 705 g/mol. The standard InChI is InChI=1S/C41H47N5O6/c1-27-21-33(47)22-28(2)34(27)24-35(42)40(50)46-25-31-16-10-9-15-30(31)23-37(46)39(49)45-36(38(48)44-32-17-7-4-8-18-32)19-11-12-20-43-41(51)52-26-29-13-5-3-6-14-29/h3-10,13-18,21-22,35-37,47H,11-12,19-20,23-26,42H2,1-2H3,(H,43,51)(H,44,48)(H,45,49)/t35-,36?,37?/m0/s1. The zero-order valence-electron chi connectivity index (χ0n) is 29.6. The Morgan fingerprint density at radius 3 is 2.21 bits per heavy atom. The molecule has 1 aliphatic heterocycles. The Bertz CT molecular complexity index is 1830. The number of carbonyl (C=O) groups is 4. The van der Waals surface area contributed by atoms with E-state index in [1.165, 1.54) is 4.90 Å². The molecule has 5 rings (SSSR count). The topological polar surface area (TPSA) is 163 Å². The molecule has 11 heteroatoms. The summed E-state index contributed by atoms with van der Waals surface area (Å²) in [5.74, 6) is -1.08. The average Bonchev–Trinajstić information content (AvgIpc) is 3.14. The van der Waals surface area contributed by atoms with Crippen LogP contribution in [0, 0.1) is 13.8 Å². The fourth-order valence-electron chi connectivity index (χ4n) is 6.53. The molecule has 0 fully saturated rings. The van der Waals surface area contributed by atoms with Gasteiger partial charge in [0.2, 0.25) is 17.7 Å². The number of phenols is 1. The number of unbranched alkanes of at least 4 members (excludes halogenated alkanes) is 1. The van der Waals surface area contributed by atoms with Gasteiger partial charge in [-0.3, -0.25) is 14.4 Å². The minimum atomic E-state index is -0.938. The predicted octanol–water partition coefficient (Wildman–Crippen LogP) is 5.05. The zero-order valence-corrected chi connectivity index (χ0v) is 29.6. The van der Waals surface area contributed by atoms with Gasteiger partial charge in [-0.1, -0.05) is 72.8 Å². The lowest BCUT2D eigenvalue weighted by atomic mass is 9.91. The molecule has 0 saturated carbocycles. The van der Waals surface area contributed by atoms with Crippen molar-refractivity contribution >= 4 is 29.5 Å². The summed E-state index contributed by atoms with van der Waals surface area (Å²) in [5.41, 5.74) is 12.4. The van der Waals surface area contributed by atoms with E-state index in [9.17, 15) is 24.3 Å². The van der Waals surface area contributed by atoms with E-state index in [1.807, 2.05) is 74.5 Å². The Morgan fingerprint density at radius 1 is 0.885 bits per heavy atom. The largest absolute Gasteiger partial charge is 0.508 e. The van der Waals surface area contributed by atoms with Crippen molar-refractivity contribution in [2.24, 2.45) is 5.73 Å². The summed E-state index contributed by atoms with van der Waals surface area (Å²) in [5, 5.41) is 18.6. The van der Waals surface area contributed by atoms with Crippen molar-refractivity contribution in [3.8, 4) is 5.75 Å². The minimum Gasteiger partial charge on any atom is -0.508 e. The number of ether oxygens (including phenoxy) is 1. The maximum atomic E-state index is 14.2. The van der Waals surface area contributed by atoms with Crippen LogP contribution in [0.4, 0.5) is 10.5 Å². The molecular weight excluding hydrogens is 658 g/mol. The first kappa shape index (κ1) is 37.6. The number of benzene rings is 4. The summed E-state index contributed by atoms with van der Waals surface area (Å²) >= 11 is 0. The van der Waals surface area contributed by atoms with Crippen LogP contribution in [0.1, 0.15) is 52.6 Å². The summed E-state index contributed by atoms with van der Waals surface area (Å²) in [6.45, 7) is 4.41. The maximum Gasteiger partial charge on any atom is 0.407 e. The van der Waals surface area contributed by atoms with Gasteiger partial charge in [-0.25, -0.2) is 4.79 Å². The van der Waals surface area contributed by atoms with Crippen molar-refractivity contribution in [2.75, 3.05) is 11.9 Å². The van der Waals surface area contributed by atoms with Gasteiger partial charge in [0.25, 0.3) is 0 Å². The van der Waals surface area contributed by atoms with Crippen LogP contribution in [0.3, 0.4) is 0 Å². The molecule has 4 amide bonds. The zero-order chi connectivity index (χ0) is 37.0. The number of nitrogens with zero attached hydrogens (tertiary/aromatic N) is 1. The van der Waals surface area contributed by atoms with Crippen LogP contribution in [0.2, 0.25) is 0 Å². The number of hydrogen-bond acceptors (Lipinski definition) is 7. The van der Waals surface area contributed by atoms with E-state index in [2.05, 4.69) is 16.0 Å². The van der Waals surface area contributed by atoms with Gasteiger partial charge < -0.3 is 36.4 Å². The van der Waals surface area contributed by atoms with Crippen LogP contribution in [0.25, 0.3) is 0 Å². The molecule has 0 saturated heterocycles. The second kappa shape index (κ2) is 18.0. The van der Waals surface area contributed by atoms with Crippen LogP contribution < -0.4 is 21.7 Å². The lowest BCUT2D eigenvalue weighted by Gasteiger charge is -2.38. The quantitative estimate of drug-likeness (QED) is 0.115. The maximum absolute atomic E-state index is 14.2. The van der Waals surface area contributed by atoms with Crippen LogP contribution in [0.15, 0.2) is 97.1 Å². The Balaban J connectivity index is 1.26. The van der Waals surface area contributed by atoms with E-state index in [-0.39, 0.29) is 43.6 Å². The fraction of sp³-hybridized carbons (Fsp3) is 0.317. The molecule has 272 valence electrons. The lowest BCUT2D eigenvalue weighted by molar-refractivity contribution is -0.143. The molecule has 4 aromatic carbocycles. The lowest BCUT2D eigenvalue weighted by Crippen LogP contribution is -2.58. The normalized spacial score (nSPS) is 14.8. The van der Waals surface area contributed by atoms with E-state index >= 15 is 0 Å². The molecule has 2 unspecified atom stereocenters. The highest BCUT2D eigenvalue weighted by Gasteiger charge is 2.38. The SMILES string of the molecule is Cc1cc(O)cc(C)c1C[C@H](N)C(=O)N1Cc2ccccc2CC1C(=O)NC(CCCCNC(=O)OCc1ccccc1)C(=O)Nc1ccccc1. The van der Waals surface area contributed by atoms with Crippen LogP contribution >= 0.6 is 0 Å². The summed E-state index contributed by atoms with van der Waals surface area (Å²) in [4.78, 5) is 55.5. The molecule has 3 atom stereocenters. The summed E-state index contributed by atoms with van der Waals surface area (Å²) in [6.07, 6.45) is 1.31. The number of nitrogens with two attached hydrogens (primary N) is 1. The van der Waals surface area contributed by atoms with Crippen LogP contribution in [-0.2, 0) is 45.1 Å². The number of fused-ring (bicyclic) bond motifs is 1. The number of alkyl carbamates (subject to hydrolysis) is 1. The second-order valence-corrected chi connectivity index (χ2v) is 13.2. The van der Waals surface area contributed by atoms with Gasteiger partial charge >= 0.3 is 6.09 Å². The number of anilines is 1. The summed E-state index contributed by atoms with van der Waals surface area (Å²) < 4.78 is 5.28. The number of hydrogen-bond donors (Lipinski definition) is 5. The molecule has 4 aromatic rings. The first-order chi connectivity index (χ1) is 25.1.